The van der Waals surface area contributed by atoms with Crippen LogP contribution in [0.3, 0.4) is 0 Å². The van der Waals surface area contributed by atoms with E-state index in [2.05, 4.69) is 0 Å². The van der Waals surface area contributed by atoms with Gasteiger partial charge in [-0.15, -0.1) is 0 Å². The molecular weight excluding hydrogens is 251 g/mol. The summed E-state index contributed by atoms with van der Waals surface area (Å²) in [6, 6.07) is 4.52. The highest BCUT2D eigenvalue weighted by Crippen LogP contribution is 2.32. The first-order chi connectivity index (χ1) is 7.47. The topological polar surface area (TPSA) is 90.3 Å². The van der Waals surface area contributed by atoms with Crippen LogP contribution in [0.4, 0.5) is 5.69 Å². The molecule has 0 aliphatic carbocycles. The van der Waals surface area contributed by atoms with Gasteiger partial charge in [0.25, 0.3) is 0 Å². The second kappa shape index (κ2) is 5.37. The Morgan fingerprint density at radius 1 is 1.31 bits per heavy atom. The minimum atomic E-state index is -1.26. The van der Waals surface area contributed by atoms with Gasteiger partial charge in [0.15, 0.2) is 0 Å². The van der Waals surface area contributed by atoms with E-state index < -0.39 is 12.2 Å². The van der Waals surface area contributed by atoms with Crippen LogP contribution in [-0.4, -0.2) is 16.3 Å². The lowest BCUT2D eigenvalue weighted by atomic mass is 10.0. The molecule has 0 aliphatic heterocycles. The fourth-order valence-electron chi connectivity index (χ4n) is 1.22. The van der Waals surface area contributed by atoms with E-state index >= 15 is 0 Å². The molecule has 0 saturated carbocycles. The Hall–Kier alpha value is -0.990. The lowest BCUT2D eigenvalue weighted by Gasteiger charge is -2.17. The Balaban J connectivity index is 3.04. The van der Waals surface area contributed by atoms with Crippen LogP contribution in [0, 0.1) is 11.3 Å². The van der Waals surface area contributed by atoms with Crippen molar-refractivity contribution in [3.8, 4) is 6.07 Å². The molecule has 0 bridgehead atoms. The zero-order valence-corrected chi connectivity index (χ0v) is 9.70. The molecular formula is C10H10Cl2N2O2. The van der Waals surface area contributed by atoms with Crippen molar-refractivity contribution in [2.75, 3.05) is 5.73 Å². The van der Waals surface area contributed by atoms with Crippen molar-refractivity contribution in [3.63, 3.8) is 0 Å². The molecule has 4 nitrogen and oxygen atoms in total. The van der Waals surface area contributed by atoms with E-state index in [0.717, 1.165) is 0 Å². The summed E-state index contributed by atoms with van der Waals surface area (Å²) in [4.78, 5) is 0. The van der Waals surface area contributed by atoms with Crippen molar-refractivity contribution < 1.29 is 10.2 Å². The lowest BCUT2D eigenvalue weighted by Crippen LogP contribution is -2.18. The van der Waals surface area contributed by atoms with Crippen molar-refractivity contribution in [1.29, 1.82) is 5.26 Å². The maximum atomic E-state index is 9.73. The summed E-state index contributed by atoms with van der Waals surface area (Å²) in [5.41, 5.74) is 6.05. The molecule has 1 rings (SSSR count). The van der Waals surface area contributed by atoms with Gasteiger partial charge in [-0.1, -0.05) is 23.2 Å². The van der Waals surface area contributed by atoms with Crippen LogP contribution in [0.2, 0.25) is 10.0 Å². The molecule has 16 heavy (non-hydrogen) atoms. The maximum absolute atomic E-state index is 9.73. The largest absolute Gasteiger partial charge is 0.397 e. The van der Waals surface area contributed by atoms with E-state index in [4.69, 9.17) is 34.2 Å². The van der Waals surface area contributed by atoms with Gasteiger partial charge in [-0.2, -0.15) is 5.26 Å². The normalized spacial score (nSPS) is 14.2. The maximum Gasteiger partial charge on any atom is 0.107 e. The zero-order chi connectivity index (χ0) is 12.3. The molecule has 4 N–H and O–H groups in total. The number of benzene rings is 1. The average molecular weight is 261 g/mol. The minimum Gasteiger partial charge on any atom is -0.397 e. The first-order valence-electron chi connectivity index (χ1n) is 4.45. The number of nitriles is 1. The first kappa shape index (κ1) is 13.1. The molecule has 0 aromatic heterocycles. The van der Waals surface area contributed by atoms with Gasteiger partial charge in [-0.05, 0) is 12.1 Å². The molecule has 0 fully saturated rings. The van der Waals surface area contributed by atoms with Crippen molar-refractivity contribution in [1.82, 2.24) is 0 Å². The lowest BCUT2D eigenvalue weighted by molar-refractivity contribution is 0.0217. The second-order valence-corrected chi connectivity index (χ2v) is 4.08. The van der Waals surface area contributed by atoms with Crippen LogP contribution in [0.1, 0.15) is 18.1 Å². The fourth-order valence-corrected chi connectivity index (χ4v) is 1.67. The molecule has 0 heterocycles. The number of nitrogens with two attached hydrogens (primary N) is 1. The number of aliphatic hydroxyl groups is 2. The van der Waals surface area contributed by atoms with Crippen LogP contribution in [0.25, 0.3) is 0 Å². The molecule has 86 valence electrons. The summed E-state index contributed by atoms with van der Waals surface area (Å²) in [5.74, 6) is 0. The summed E-state index contributed by atoms with van der Waals surface area (Å²) in [7, 11) is 0. The third-order valence-electron chi connectivity index (χ3n) is 2.10. The summed E-state index contributed by atoms with van der Waals surface area (Å²) >= 11 is 11.6. The van der Waals surface area contributed by atoms with Crippen LogP contribution in [-0.2, 0) is 0 Å². The van der Waals surface area contributed by atoms with Gasteiger partial charge >= 0.3 is 0 Å². The molecule has 1 aromatic carbocycles. The molecule has 0 aliphatic rings. The molecule has 0 radical (unpaired) electrons. The fraction of sp³-hybridized carbons (Fsp3) is 0.300. The standard InChI is InChI=1S/C10H10Cl2N2O2/c11-6-4-8(14)7(12)3-5(6)10(16)9(15)1-2-13/h3-4,9-10,15-16H,1,14H2. The third kappa shape index (κ3) is 2.77. The molecule has 2 atom stereocenters. The Morgan fingerprint density at radius 2 is 1.94 bits per heavy atom. The van der Waals surface area contributed by atoms with Gasteiger partial charge in [0.2, 0.25) is 0 Å². The van der Waals surface area contributed by atoms with E-state index in [1.165, 1.54) is 12.1 Å². The Morgan fingerprint density at radius 3 is 2.50 bits per heavy atom. The van der Waals surface area contributed by atoms with Crippen molar-refractivity contribution in [2.45, 2.75) is 18.6 Å². The quantitative estimate of drug-likeness (QED) is 0.724. The van der Waals surface area contributed by atoms with E-state index in [0.29, 0.717) is 0 Å². The van der Waals surface area contributed by atoms with Crippen LogP contribution >= 0.6 is 23.2 Å². The number of hydrogen-bond donors (Lipinski definition) is 3. The van der Waals surface area contributed by atoms with Gasteiger partial charge in [0.1, 0.15) is 6.10 Å². The number of aliphatic hydroxyl groups excluding tert-OH is 2. The second-order valence-electron chi connectivity index (χ2n) is 3.27. The molecule has 0 saturated heterocycles. The highest BCUT2D eigenvalue weighted by Gasteiger charge is 2.21. The van der Waals surface area contributed by atoms with Gasteiger partial charge in [0.05, 0.1) is 29.3 Å². The Kier molecular flexibility index (Phi) is 4.39. The molecule has 1 aromatic rings. The smallest absolute Gasteiger partial charge is 0.107 e. The Bertz CT molecular complexity index is 432. The van der Waals surface area contributed by atoms with E-state index in [9.17, 15) is 10.2 Å². The Labute approximate surface area is 103 Å². The van der Waals surface area contributed by atoms with Crippen LogP contribution in [0.5, 0.6) is 0 Å². The number of halogens is 2. The third-order valence-corrected chi connectivity index (χ3v) is 2.75. The van der Waals surface area contributed by atoms with Gasteiger partial charge in [-0.3, -0.25) is 0 Å². The van der Waals surface area contributed by atoms with Gasteiger partial charge in [0, 0.05) is 10.6 Å². The minimum absolute atomic E-state index is 0.195. The number of rotatable bonds is 3. The van der Waals surface area contributed by atoms with Gasteiger partial charge < -0.3 is 15.9 Å². The number of nitrogen functional groups attached to an aromatic ring is 1. The van der Waals surface area contributed by atoms with Crippen LogP contribution < -0.4 is 5.73 Å². The average Bonchev–Trinajstić information content (AvgIpc) is 2.23. The van der Waals surface area contributed by atoms with E-state index in [1.807, 2.05) is 0 Å². The van der Waals surface area contributed by atoms with E-state index in [1.54, 1.807) is 6.07 Å². The predicted octanol–water partition coefficient (Wildman–Crippen LogP) is 1.88. The number of anilines is 1. The van der Waals surface area contributed by atoms with E-state index in [-0.39, 0.29) is 27.7 Å². The van der Waals surface area contributed by atoms with Crippen LogP contribution in [0.15, 0.2) is 12.1 Å². The summed E-state index contributed by atoms with van der Waals surface area (Å²) in [6.45, 7) is 0. The molecule has 0 amide bonds. The van der Waals surface area contributed by atoms with Crippen molar-refractivity contribution in [3.05, 3.63) is 27.7 Å². The first-order valence-corrected chi connectivity index (χ1v) is 5.20. The van der Waals surface area contributed by atoms with Crippen molar-refractivity contribution in [2.24, 2.45) is 0 Å². The van der Waals surface area contributed by atoms with Gasteiger partial charge in [-0.25, -0.2) is 0 Å². The highest BCUT2D eigenvalue weighted by molar-refractivity contribution is 6.35. The SMILES string of the molecule is N#CCC(O)C(O)c1cc(Cl)c(N)cc1Cl. The van der Waals surface area contributed by atoms with Crippen molar-refractivity contribution >= 4 is 28.9 Å². The molecule has 6 heteroatoms. The number of hydrogen-bond acceptors (Lipinski definition) is 4. The summed E-state index contributed by atoms with van der Waals surface area (Å²) in [5, 5.41) is 28.0. The molecule has 2 unspecified atom stereocenters. The monoisotopic (exact) mass is 260 g/mol. The molecule has 0 spiro atoms. The number of nitrogens with zero attached hydrogens (tertiary/aromatic N) is 1. The summed E-state index contributed by atoms with van der Waals surface area (Å²) < 4.78 is 0. The zero-order valence-electron chi connectivity index (χ0n) is 8.19. The summed E-state index contributed by atoms with van der Waals surface area (Å²) in [6.07, 6.45) is -2.66. The predicted molar refractivity (Wildman–Crippen MR) is 62.1 cm³/mol. The highest BCUT2D eigenvalue weighted by atomic mass is 35.5.